The van der Waals surface area contributed by atoms with E-state index < -0.39 is 0 Å². The zero-order valence-electron chi connectivity index (χ0n) is 10.6. The molecule has 0 amide bonds. The van der Waals surface area contributed by atoms with E-state index in [2.05, 4.69) is 24.1 Å². The molecular weight excluding hydrogens is 248 g/mol. The Morgan fingerprint density at radius 1 is 1.50 bits per heavy atom. The molecule has 2 aromatic heterocycles. The molecule has 2 aromatic rings. The fourth-order valence-corrected chi connectivity index (χ4v) is 2.46. The van der Waals surface area contributed by atoms with E-state index in [1.165, 1.54) is 0 Å². The van der Waals surface area contributed by atoms with Crippen LogP contribution in [0, 0.1) is 5.92 Å². The van der Waals surface area contributed by atoms with Crippen LogP contribution in [0.2, 0.25) is 0 Å². The molecule has 4 nitrogen and oxygen atoms in total. The van der Waals surface area contributed by atoms with Gasteiger partial charge < -0.3 is 14.8 Å². The Morgan fingerprint density at radius 2 is 2.33 bits per heavy atom. The van der Waals surface area contributed by atoms with Gasteiger partial charge >= 0.3 is 0 Å². The number of furan rings is 1. The summed E-state index contributed by atoms with van der Waals surface area (Å²) in [7, 11) is 0. The lowest BCUT2D eigenvalue weighted by Crippen LogP contribution is -2.36. The van der Waals surface area contributed by atoms with Crippen LogP contribution < -0.4 is 5.32 Å². The summed E-state index contributed by atoms with van der Waals surface area (Å²) in [6, 6.07) is 2.02. The van der Waals surface area contributed by atoms with Gasteiger partial charge in [0, 0.05) is 23.5 Å². The van der Waals surface area contributed by atoms with Crippen LogP contribution in [-0.2, 0) is 6.54 Å². The van der Waals surface area contributed by atoms with Gasteiger partial charge in [-0.05, 0) is 12.0 Å². The van der Waals surface area contributed by atoms with Crippen LogP contribution in [0.25, 0.3) is 10.6 Å². The second-order valence-electron chi connectivity index (χ2n) is 4.57. The number of hydrogen-bond donors (Lipinski definition) is 2. The van der Waals surface area contributed by atoms with E-state index in [1.807, 2.05) is 11.4 Å². The summed E-state index contributed by atoms with van der Waals surface area (Å²) in [5.41, 5.74) is 2.00. The highest BCUT2D eigenvalue weighted by atomic mass is 32.1. The van der Waals surface area contributed by atoms with Gasteiger partial charge in [-0.1, -0.05) is 13.8 Å². The Balaban J connectivity index is 1.95. The van der Waals surface area contributed by atoms with Crippen molar-refractivity contribution in [3.63, 3.8) is 0 Å². The van der Waals surface area contributed by atoms with Gasteiger partial charge in [0.25, 0.3) is 0 Å². The number of rotatable bonds is 6. The lowest BCUT2D eigenvalue weighted by atomic mass is 10.1. The third kappa shape index (κ3) is 3.19. The molecule has 0 aliphatic rings. The molecule has 0 bridgehead atoms. The molecule has 0 radical (unpaired) electrons. The molecule has 2 heterocycles. The third-order valence-electron chi connectivity index (χ3n) is 2.87. The van der Waals surface area contributed by atoms with Crippen molar-refractivity contribution in [1.82, 2.24) is 10.3 Å². The second kappa shape index (κ2) is 6.13. The summed E-state index contributed by atoms with van der Waals surface area (Å²) in [5.74, 6) is 0.405. The van der Waals surface area contributed by atoms with Crippen molar-refractivity contribution in [2.24, 2.45) is 5.92 Å². The van der Waals surface area contributed by atoms with Gasteiger partial charge in [-0.3, -0.25) is 0 Å². The average molecular weight is 266 g/mol. The Morgan fingerprint density at radius 3 is 2.94 bits per heavy atom. The number of thiazole rings is 1. The van der Waals surface area contributed by atoms with Gasteiger partial charge in [-0.2, -0.15) is 0 Å². The van der Waals surface area contributed by atoms with E-state index >= 15 is 0 Å². The largest absolute Gasteiger partial charge is 0.472 e. The highest BCUT2D eigenvalue weighted by Gasteiger charge is 2.12. The first-order chi connectivity index (χ1) is 8.70. The minimum atomic E-state index is 0.115. The van der Waals surface area contributed by atoms with Crippen LogP contribution in [0.1, 0.15) is 19.5 Å². The van der Waals surface area contributed by atoms with Gasteiger partial charge in [0.05, 0.1) is 18.6 Å². The SMILES string of the molecule is CC(C)[C@@H](CO)NCc1csc(-c2ccoc2)n1. The molecule has 0 fully saturated rings. The molecule has 0 aliphatic carbocycles. The number of aliphatic hydroxyl groups is 1. The standard InChI is InChI=1S/C13H18N2O2S/c1-9(2)12(6-16)14-5-11-8-18-13(15-11)10-3-4-17-7-10/h3-4,7-9,12,14,16H,5-6H2,1-2H3/t12-/m1/s1. The normalized spacial score (nSPS) is 13.1. The Bertz CT molecular complexity index is 465. The van der Waals surface area contributed by atoms with Gasteiger partial charge in [-0.15, -0.1) is 11.3 Å². The molecule has 18 heavy (non-hydrogen) atoms. The smallest absolute Gasteiger partial charge is 0.126 e. The van der Waals surface area contributed by atoms with Crippen molar-refractivity contribution in [2.75, 3.05) is 6.61 Å². The minimum Gasteiger partial charge on any atom is -0.472 e. The van der Waals surface area contributed by atoms with E-state index in [4.69, 9.17) is 4.42 Å². The van der Waals surface area contributed by atoms with E-state index in [9.17, 15) is 5.11 Å². The zero-order valence-corrected chi connectivity index (χ0v) is 11.4. The minimum absolute atomic E-state index is 0.115. The number of nitrogens with zero attached hydrogens (tertiary/aromatic N) is 1. The molecule has 0 aliphatic heterocycles. The van der Waals surface area contributed by atoms with Crippen molar-refractivity contribution < 1.29 is 9.52 Å². The molecule has 1 atom stereocenters. The van der Waals surface area contributed by atoms with Crippen LogP contribution in [0.15, 0.2) is 28.4 Å². The molecule has 0 unspecified atom stereocenters. The fraction of sp³-hybridized carbons (Fsp3) is 0.462. The quantitative estimate of drug-likeness (QED) is 0.843. The topological polar surface area (TPSA) is 58.3 Å². The molecule has 0 saturated heterocycles. The first-order valence-electron chi connectivity index (χ1n) is 6.02. The lowest BCUT2D eigenvalue weighted by molar-refractivity contribution is 0.210. The van der Waals surface area contributed by atoms with Crippen molar-refractivity contribution in [3.8, 4) is 10.6 Å². The Hall–Kier alpha value is -1.17. The maximum Gasteiger partial charge on any atom is 0.126 e. The summed E-state index contributed by atoms with van der Waals surface area (Å²) >= 11 is 1.60. The Kier molecular flexibility index (Phi) is 4.52. The van der Waals surface area contributed by atoms with Gasteiger partial charge in [0.1, 0.15) is 11.3 Å². The fourth-order valence-electron chi connectivity index (χ4n) is 1.65. The maximum atomic E-state index is 9.24. The number of aliphatic hydroxyl groups excluding tert-OH is 1. The first-order valence-corrected chi connectivity index (χ1v) is 6.90. The van der Waals surface area contributed by atoms with Crippen molar-refractivity contribution in [2.45, 2.75) is 26.4 Å². The van der Waals surface area contributed by atoms with E-state index in [0.29, 0.717) is 12.5 Å². The molecule has 0 spiro atoms. The highest BCUT2D eigenvalue weighted by Crippen LogP contribution is 2.23. The molecular formula is C13H18N2O2S. The summed E-state index contributed by atoms with van der Waals surface area (Å²) in [6.45, 7) is 5.01. The first kappa shape index (κ1) is 13.3. The van der Waals surface area contributed by atoms with Crippen LogP contribution >= 0.6 is 11.3 Å². The van der Waals surface area contributed by atoms with E-state index in [-0.39, 0.29) is 12.6 Å². The zero-order chi connectivity index (χ0) is 13.0. The molecule has 2 N–H and O–H groups in total. The van der Waals surface area contributed by atoms with Crippen LogP contribution in [0.3, 0.4) is 0 Å². The van der Waals surface area contributed by atoms with Crippen LogP contribution in [0.5, 0.6) is 0 Å². The number of aromatic nitrogens is 1. The predicted molar refractivity (Wildman–Crippen MR) is 72.4 cm³/mol. The molecule has 98 valence electrons. The summed E-state index contributed by atoms with van der Waals surface area (Å²) in [5, 5.41) is 15.5. The van der Waals surface area contributed by atoms with Gasteiger partial charge in [0.15, 0.2) is 0 Å². The summed E-state index contributed by atoms with van der Waals surface area (Å²) in [4.78, 5) is 4.53. The predicted octanol–water partition coefficient (Wildman–Crippen LogP) is 2.51. The number of nitrogens with one attached hydrogen (secondary N) is 1. The van der Waals surface area contributed by atoms with Crippen molar-refractivity contribution >= 4 is 11.3 Å². The van der Waals surface area contributed by atoms with E-state index in [0.717, 1.165) is 16.3 Å². The summed E-state index contributed by atoms with van der Waals surface area (Å²) in [6.07, 6.45) is 3.34. The lowest BCUT2D eigenvalue weighted by Gasteiger charge is -2.19. The van der Waals surface area contributed by atoms with Gasteiger partial charge in [0.2, 0.25) is 0 Å². The van der Waals surface area contributed by atoms with Crippen molar-refractivity contribution in [1.29, 1.82) is 0 Å². The second-order valence-corrected chi connectivity index (χ2v) is 5.43. The molecule has 0 saturated carbocycles. The summed E-state index contributed by atoms with van der Waals surface area (Å²) < 4.78 is 5.04. The van der Waals surface area contributed by atoms with Crippen LogP contribution in [-0.4, -0.2) is 22.7 Å². The number of hydrogen-bond acceptors (Lipinski definition) is 5. The molecule has 2 rings (SSSR count). The van der Waals surface area contributed by atoms with E-state index in [1.54, 1.807) is 23.9 Å². The molecule has 0 aromatic carbocycles. The average Bonchev–Trinajstić information content (AvgIpc) is 2.99. The third-order valence-corrected chi connectivity index (χ3v) is 3.81. The Labute approximate surface area is 111 Å². The van der Waals surface area contributed by atoms with Crippen molar-refractivity contribution in [3.05, 3.63) is 29.7 Å². The van der Waals surface area contributed by atoms with Gasteiger partial charge in [-0.25, -0.2) is 4.98 Å². The maximum absolute atomic E-state index is 9.24. The monoisotopic (exact) mass is 266 g/mol. The molecule has 5 heteroatoms. The highest BCUT2D eigenvalue weighted by molar-refractivity contribution is 7.13. The van der Waals surface area contributed by atoms with Crippen LogP contribution in [0.4, 0.5) is 0 Å².